The molecule has 24 unspecified atom stereocenters. The fourth-order valence-electron chi connectivity index (χ4n) is 21.8. The Labute approximate surface area is 289 Å². The Morgan fingerprint density at radius 3 is 2.02 bits per heavy atom. The van der Waals surface area contributed by atoms with Crippen molar-refractivity contribution in [3.05, 3.63) is 0 Å². The van der Waals surface area contributed by atoms with Crippen LogP contribution >= 0.6 is 0 Å². The third kappa shape index (κ3) is 2.96. The minimum Gasteiger partial charge on any atom is -0.330 e. The van der Waals surface area contributed by atoms with Gasteiger partial charge in [-0.15, -0.1) is 0 Å². The van der Waals surface area contributed by atoms with Crippen molar-refractivity contribution in [3.63, 3.8) is 0 Å². The second-order valence-electron chi connectivity index (χ2n) is 22.3. The van der Waals surface area contributed by atoms with E-state index in [1.54, 1.807) is 6.42 Å². The molecule has 11 rings (SSSR count). The SMILES string of the molecule is CCC(CN)C1C2CC1(C)C(CC)C(C)C1C3C(C)C4C5CC(C)(C)C(C(C)C16CCC6CC)C2C1(C(C)C2C6CC62C51)C(CN)C43. The third-order valence-electron chi connectivity index (χ3n) is 22.3. The average molecular weight is 643 g/mol. The van der Waals surface area contributed by atoms with E-state index in [2.05, 4.69) is 69.2 Å². The summed E-state index contributed by atoms with van der Waals surface area (Å²) in [4.78, 5) is 0. The van der Waals surface area contributed by atoms with E-state index in [0.717, 1.165) is 131 Å². The molecule has 8 bridgehead atoms. The zero-order valence-electron chi connectivity index (χ0n) is 32.3. The molecule has 264 valence electrons. The van der Waals surface area contributed by atoms with Crippen LogP contribution in [0.25, 0.3) is 0 Å². The van der Waals surface area contributed by atoms with Gasteiger partial charge in [-0.2, -0.15) is 0 Å². The molecule has 2 nitrogen and oxygen atoms in total. The summed E-state index contributed by atoms with van der Waals surface area (Å²) in [5.74, 6) is 17.6. The van der Waals surface area contributed by atoms with Gasteiger partial charge in [0, 0.05) is 0 Å². The van der Waals surface area contributed by atoms with Crippen LogP contribution in [-0.4, -0.2) is 13.1 Å². The van der Waals surface area contributed by atoms with E-state index in [9.17, 15) is 0 Å². The van der Waals surface area contributed by atoms with Gasteiger partial charge < -0.3 is 11.5 Å². The van der Waals surface area contributed by atoms with Crippen LogP contribution in [0.4, 0.5) is 0 Å². The summed E-state index contributed by atoms with van der Waals surface area (Å²) in [5.41, 5.74) is 17.0. The quantitative estimate of drug-likeness (QED) is 0.303. The maximum atomic E-state index is 7.46. The van der Waals surface area contributed by atoms with Crippen molar-refractivity contribution in [2.75, 3.05) is 13.1 Å². The van der Waals surface area contributed by atoms with Crippen LogP contribution in [0.5, 0.6) is 0 Å². The molecule has 0 aromatic rings. The smallest absolute Gasteiger partial charge is 0.00404 e. The summed E-state index contributed by atoms with van der Waals surface area (Å²) >= 11 is 0. The van der Waals surface area contributed by atoms with Gasteiger partial charge in [0.15, 0.2) is 0 Å². The van der Waals surface area contributed by atoms with Crippen molar-refractivity contribution in [2.24, 2.45) is 157 Å². The molecule has 0 amide bonds. The van der Waals surface area contributed by atoms with Crippen molar-refractivity contribution in [1.29, 1.82) is 0 Å². The monoisotopic (exact) mass is 643 g/mol. The second kappa shape index (κ2) is 9.28. The highest BCUT2D eigenvalue weighted by atomic mass is 15.0. The molecule has 11 saturated carbocycles. The fraction of sp³-hybridized carbons (Fsp3) is 1.00. The Balaban J connectivity index is 1.33. The molecular formula is C45H74N2. The highest BCUT2D eigenvalue weighted by Crippen LogP contribution is 3.00. The van der Waals surface area contributed by atoms with E-state index < -0.39 is 0 Å². The first-order valence-corrected chi connectivity index (χ1v) is 21.8. The van der Waals surface area contributed by atoms with Crippen molar-refractivity contribution >= 4 is 0 Å². The molecule has 4 N–H and O–H groups in total. The molecule has 3 spiro atoms. The molecule has 2 heteroatoms. The zero-order chi connectivity index (χ0) is 33.1. The number of fused-ring (bicyclic) bond motifs is 3. The van der Waals surface area contributed by atoms with Gasteiger partial charge in [-0.3, -0.25) is 0 Å². The molecule has 47 heavy (non-hydrogen) atoms. The predicted molar refractivity (Wildman–Crippen MR) is 194 cm³/mol. The first kappa shape index (κ1) is 31.6. The number of nitrogens with two attached hydrogens (primary N) is 2. The van der Waals surface area contributed by atoms with Gasteiger partial charge in [0.1, 0.15) is 0 Å². The summed E-state index contributed by atoms with van der Waals surface area (Å²) < 4.78 is 0. The average Bonchev–Trinajstić information content (AvgIpc) is 3.87. The summed E-state index contributed by atoms with van der Waals surface area (Å²) in [7, 11) is 0. The summed E-state index contributed by atoms with van der Waals surface area (Å²) in [6.45, 7) is 29.6. The highest BCUT2D eigenvalue weighted by molar-refractivity contribution is 5.42. The minimum absolute atomic E-state index is 0.395. The van der Waals surface area contributed by atoms with E-state index in [-0.39, 0.29) is 0 Å². The number of hydrogen-bond donors (Lipinski definition) is 2. The van der Waals surface area contributed by atoms with Gasteiger partial charge in [-0.25, -0.2) is 0 Å². The Kier molecular flexibility index (Phi) is 6.25. The van der Waals surface area contributed by atoms with Crippen LogP contribution in [0.2, 0.25) is 0 Å². The zero-order valence-corrected chi connectivity index (χ0v) is 32.3. The Morgan fingerprint density at radius 1 is 0.702 bits per heavy atom. The van der Waals surface area contributed by atoms with Crippen LogP contribution in [0.15, 0.2) is 0 Å². The standard InChI is InChI=1S/C45H74N2/c1-11-25(19-46)38-28-17-42(38,10)29(13-3)21(4)35-33-22(5)32-27-16-41(8,9)37(23(6)43(35)15-14-26(43)12-2)39(28)45(31(20-47)34(32)33)24(7)36-30-18-44(30,36)40(27)45/h21-40H,11-20,46-47H2,1-10H3. The molecule has 0 aromatic heterocycles. The van der Waals surface area contributed by atoms with Gasteiger partial charge in [0.2, 0.25) is 0 Å². The fourth-order valence-corrected chi connectivity index (χ4v) is 21.8. The normalized spacial score (nSPS) is 67.8. The lowest BCUT2D eigenvalue weighted by Gasteiger charge is -2.73. The molecule has 0 saturated heterocycles. The third-order valence-corrected chi connectivity index (χ3v) is 22.3. The van der Waals surface area contributed by atoms with Gasteiger partial charge in [0.05, 0.1) is 0 Å². The van der Waals surface area contributed by atoms with Gasteiger partial charge in [-0.05, 0) is 191 Å². The van der Waals surface area contributed by atoms with Crippen molar-refractivity contribution in [1.82, 2.24) is 0 Å². The van der Waals surface area contributed by atoms with E-state index in [4.69, 9.17) is 11.5 Å². The Morgan fingerprint density at radius 2 is 1.45 bits per heavy atom. The molecule has 0 aliphatic heterocycles. The summed E-state index contributed by atoms with van der Waals surface area (Å²) in [6.07, 6.45) is 11.7. The molecule has 11 aliphatic rings. The lowest BCUT2D eigenvalue weighted by Crippen LogP contribution is -2.70. The topological polar surface area (TPSA) is 52.0 Å². The predicted octanol–water partition coefficient (Wildman–Crippen LogP) is 9.62. The van der Waals surface area contributed by atoms with Crippen LogP contribution in [0.3, 0.4) is 0 Å². The van der Waals surface area contributed by atoms with Gasteiger partial charge in [-0.1, -0.05) is 88.5 Å². The van der Waals surface area contributed by atoms with E-state index in [1.165, 1.54) is 44.9 Å². The Bertz CT molecular complexity index is 1330. The minimum atomic E-state index is 0.395. The maximum absolute atomic E-state index is 7.46. The maximum Gasteiger partial charge on any atom is -0.00404 e. The molecule has 11 aliphatic carbocycles. The molecule has 11 fully saturated rings. The van der Waals surface area contributed by atoms with Crippen molar-refractivity contribution in [2.45, 2.75) is 121 Å². The molecule has 0 heterocycles. The Hall–Kier alpha value is -0.0800. The number of rotatable bonds is 6. The van der Waals surface area contributed by atoms with Crippen LogP contribution in [0.1, 0.15) is 121 Å². The van der Waals surface area contributed by atoms with E-state index >= 15 is 0 Å². The van der Waals surface area contributed by atoms with Gasteiger partial charge in [0.25, 0.3) is 0 Å². The molecular weight excluding hydrogens is 569 g/mol. The first-order chi connectivity index (χ1) is 22.4. The van der Waals surface area contributed by atoms with E-state index in [1.807, 2.05) is 0 Å². The molecule has 0 radical (unpaired) electrons. The first-order valence-electron chi connectivity index (χ1n) is 21.8. The lowest BCUT2D eigenvalue weighted by molar-refractivity contribution is -0.259. The highest BCUT2D eigenvalue weighted by Gasteiger charge is 2.95. The largest absolute Gasteiger partial charge is 0.330 e. The van der Waals surface area contributed by atoms with Gasteiger partial charge >= 0.3 is 0 Å². The van der Waals surface area contributed by atoms with Crippen LogP contribution in [-0.2, 0) is 0 Å². The number of hydrogen-bond acceptors (Lipinski definition) is 2. The van der Waals surface area contributed by atoms with E-state index in [0.29, 0.717) is 27.6 Å². The summed E-state index contributed by atoms with van der Waals surface area (Å²) in [5, 5.41) is 0. The van der Waals surface area contributed by atoms with Crippen LogP contribution in [0, 0.1) is 145 Å². The second-order valence-corrected chi connectivity index (χ2v) is 22.3. The lowest BCUT2D eigenvalue weighted by atomic mass is 9.31. The van der Waals surface area contributed by atoms with Crippen LogP contribution < -0.4 is 11.5 Å². The molecule has 0 aromatic carbocycles. The van der Waals surface area contributed by atoms with Crippen molar-refractivity contribution in [3.8, 4) is 0 Å². The molecule has 24 atom stereocenters. The summed E-state index contributed by atoms with van der Waals surface area (Å²) in [6, 6.07) is 0. The van der Waals surface area contributed by atoms with Crippen molar-refractivity contribution < 1.29 is 0 Å².